The maximum absolute atomic E-state index is 11.9. The van der Waals surface area contributed by atoms with Gasteiger partial charge in [-0.05, 0) is 42.3 Å². The van der Waals surface area contributed by atoms with Gasteiger partial charge in [-0.3, -0.25) is 4.79 Å². The number of benzene rings is 2. The van der Waals surface area contributed by atoms with Gasteiger partial charge in [0.2, 0.25) is 5.91 Å². The second-order valence-corrected chi connectivity index (χ2v) is 5.83. The van der Waals surface area contributed by atoms with E-state index in [0.717, 1.165) is 23.4 Å². The lowest BCUT2D eigenvalue weighted by molar-refractivity contribution is -0.113. The largest absolute Gasteiger partial charge is 0.508 e. The molecule has 0 saturated heterocycles. The molecule has 2 aromatic rings. The summed E-state index contributed by atoms with van der Waals surface area (Å²) in [5.41, 5.74) is 2.10. The highest BCUT2D eigenvalue weighted by Crippen LogP contribution is 2.22. The summed E-state index contributed by atoms with van der Waals surface area (Å²) >= 11 is 1.40. The summed E-state index contributed by atoms with van der Waals surface area (Å²) < 4.78 is 0. The molecular weight excluding hydrogens is 282 g/mol. The quantitative estimate of drug-likeness (QED) is 0.791. The predicted octanol–water partition coefficient (Wildman–Crippen LogP) is 4.08. The lowest BCUT2D eigenvalue weighted by atomic mass is 10.1. The average Bonchev–Trinajstić information content (AvgIpc) is 2.48. The molecule has 0 aliphatic heterocycles. The summed E-state index contributed by atoms with van der Waals surface area (Å²) in [6.07, 6.45) is 2.17. The molecule has 0 aromatic heterocycles. The van der Waals surface area contributed by atoms with Crippen LogP contribution in [0.1, 0.15) is 18.9 Å². The molecular formula is C17H19NO2S. The zero-order valence-electron chi connectivity index (χ0n) is 12.0. The van der Waals surface area contributed by atoms with Crippen LogP contribution in [0.2, 0.25) is 0 Å². The Balaban J connectivity index is 1.84. The number of phenols is 1. The molecule has 21 heavy (non-hydrogen) atoms. The average molecular weight is 301 g/mol. The summed E-state index contributed by atoms with van der Waals surface area (Å²) in [6.45, 7) is 2.15. The van der Waals surface area contributed by atoms with Crippen molar-refractivity contribution in [3.63, 3.8) is 0 Å². The number of phenolic OH excluding ortho intramolecular Hbond substituents is 1. The minimum absolute atomic E-state index is 0.0495. The highest BCUT2D eigenvalue weighted by molar-refractivity contribution is 8.00. The molecule has 3 nitrogen and oxygen atoms in total. The first kappa shape index (κ1) is 15.4. The van der Waals surface area contributed by atoms with Crippen LogP contribution in [0.15, 0.2) is 53.4 Å². The third kappa shape index (κ3) is 5.16. The van der Waals surface area contributed by atoms with Crippen molar-refractivity contribution >= 4 is 23.4 Å². The number of nitrogens with one attached hydrogen (secondary N) is 1. The number of aromatic hydroxyl groups is 1. The zero-order chi connectivity index (χ0) is 15.1. The normalized spacial score (nSPS) is 10.3. The van der Waals surface area contributed by atoms with E-state index in [9.17, 15) is 9.90 Å². The zero-order valence-corrected chi connectivity index (χ0v) is 12.8. The van der Waals surface area contributed by atoms with Crippen molar-refractivity contribution in [3.05, 3.63) is 54.1 Å². The number of anilines is 1. The first-order valence-corrected chi connectivity index (χ1v) is 7.96. The molecule has 0 unspecified atom stereocenters. The maximum Gasteiger partial charge on any atom is 0.234 e. The van der Waals surface area contributed by atoms with E-state index in [1.54, 1.807) is 18.2 Å². The monoisotopic (exact) mass is 301 g/mol. The number of thioether (sulfide) groups is 1. The molecule has 2 rings (SSSR count). The van der Waals surface area contributed by atoms with Crippen LogP contribution in [0.5, 0.6) is 5.75 Å². The topological polar surface area (TPSA) is 49.3 Å². The van der Waals surface area contributed by atoms with Gasteiger partial charge in [0.15, 0.2) is 0 Å². The second kappa shape index (κ2) is 7.74. The van der Waals surface area contributed by atoms with E-state index in [0.29, 0.717) is 5.75 Å². The lowest BCUT2D eigenvalue weighted by Crippen LogP contribution is -2.13. The van der Waals surface area contributed by atoms with E-state index < -0.39 is 0 Å². The molecule has 0 heterocycles. The Hall–Kier alpha value is -1.94. The Kier molecular flexibility index (Phi) is 5.69. The van der Waals surface area contributed by atoms with Crippen LogP contribution in [0.25, 0.3) is 0 Å². The van der Waals surface area contributed by atoms with Crippen LogP contribution >= 0.6 is 11.8 Å². The number of hydrogen-bond donors (Lipinski definition) is 2. The number of carbonyl (C=O) groups excluding carboxylic acids is 1. The van der Waals surface area contributed by atoms with Gasteiger partial charge in [-0.1, -0.05) is 31.5 Å². The molecule has 110 valence electrons. The molecule has 0 spiro atoms. The van der Waals surface area contributed by atoms with Gasteiger partial charge in [0.05, 0.1) is 5.75 Å². The Morgan fingerprint density at radius 3 is 2.62 bits per heavy atom. The third-order valence-electron chi connectivity index (χ3n) is 2.96. The first-order valence-electron chi connectivity index (χ1n) is 6.98. The van der Waals surface area contributed by atoms with Crippen LogP contribution < -0.4 is 5.32 Å². The summed E-state index contributed by atoms with van der Waals surface area (Å²) in [5.74, 6) is 0.485. The Morgan fingerprint density at radius 2 is 1.95 bits per heavy atom. The number of hydrogen-bond acceptors (Lipinski definition) is 3. The van der Waals surface area contributed by atoms with Crippen molar-refractivity contribution in [1.29, 1.82) is 0 Å². The first-order chi connectivity index (χ1) is 10.2. The second-order valence-electron chi connectivity index (χ2n) is 4.78. The van der Waals surface area contributed by atoms with Crippen LogP contribution in [-0.2, 0) is 11.2 Å². The van der Waals surface area contributed by atoms with Crippen LogP contribution in [0, 0.1) is 0 Å². The fourth-order valence-electron chi connectivity index (χ4n) is 1.96. The summed E-state index contributed by atoms with van der Waals surface area (Å²) in [4.78, 5) is 12.8. The minimum Gasteiger partial charge on any atom is -0.508 e. The molecule has 1 amide bonds. The Labute approximate surface area is 129 Å². The van der Waals surface area contributed by atoms with Gasteiger partial charge < -0.3 is 10.4 Å². The van der Waals surface area contributed by atoms with E-state index in [-0.39, 0.29) is 11.7 Å². The fraction of sp³-hybridized carbons (Fsp3) is 0.235. The lowest BCUT2D eigenvalue weighted by Gasteiger charge is -2.06. The Morgan fingerprint density at radius 1 is 1.19 bits per heavy atom. The number of aryl methyl sites for hydroxylation is 1. The number of rotatable bonds is 6. The molecule has 0 radical (unpaired) electrons. The van der Waals surface area contributed by atoms with Gasteiger partial charge in [0, 0.05) is 10.6 Å². The van der Waals surface area contributed by atoms with Crippen LogP contribution in [-0.4, -0.2) is 16.8 Å². The highest BCUT2D eigenvalue weighted by Gasteiger charge is 2.04. The molecule has 0 bridgehead atoms. The third-order valence-corrected chi connectivity index (χ3v) is 3.96. The molecule has 0 atom stereocenters. The fourth-order valence-corrected chi connectivity index (χ4v) is 2.71. The van der Waals surface area contributed by atoms with Gasteiger partial charge in [-0.2, -0.15) is 0 Å². The van der Waals surface area contributed by atoms with Crippen molar-refractivity contribution in [3.8, 4) is 5.75 Å². The van der Waals surface area contributed by atoms with E-state index in [4.69, 9.17) is 0 Å². The van der Waals surface area contributed by atoms with Crippen molar-refractivity contribution in [2.45, 2.75) is 24.7 Å². The maximum atomic E-state index is 11.9. The molecule has 4 heteroatoms. The number of amides is 1. The van der Waals surface area contributed by atoms with Crippen LogP contribution in [0.4, 0.5) is 5.69 Å². The van der Waals surface area contributed by atoms with Gasteiger partial charge in [-0.15, -0.1) is 11.8 Å². The molecule has 0 aliphatic rings. The van der Waals surface area contributed by atoms with Crippen LogP contribution in [0.3, 0.4) is 0 Å². The van der Waals surface area contributed by atoms with Gasteiger partial charge in [0.25, 0.3) is 0 Å². The van der Waals surface area contributed by atoms with E-state index in [2.05, 4.69) is 12.2 Å². The number of carbonyl (C=O) groups is 1. The van der Waals surface area contributed by atoms with Gasteiger partial charge in [0.1, 0.15) is 5.75 Å². The highest BCUT2D eigenvalue weighted by atomic mass is 32.2. The summed E-state index contributed by atoms with van der Waals surface area (Å²) in [6, 6.07) is 14.9. The predicted molar refractivity (Wildman–Crippen MR) is 87.9 cm³/mol. The van der Waals surface area contributed by atoms with E-state index in [1.165, 1.54) is 17.3 Å². The molecule has 0 aliphatic carbocycles. The standard InChI is InChI=1S/C17H19NO2S/c1-2-4-13-7-9-14(10-8-13)18-17(20)12-21-16-6-3-5-15(19)11-16/h3,5-11,19H,2,4,12H2,1H3,(H,18,20). The molecule has 0 saturated carbocycles. The molecule has 2 N–H and O–H groups in total. The molecule has 2 aromatic carbocycles. The SMILES string of the molecule is CCCc1ccc(NC(=O)CSc2cccc(O)c2)cc1. The Bertz CT molecular complexity index is 596. The van der Waals surface area contributed by atoms with Crippen molar-refractivity contribution in [2.75, 3.05) is 11.1 Å². The summed E-state index contributed by atoms with van der Waals surface area (Å²) in [7, 11) is 0. The van der Waals surface area contributed by atoms with Crippen molar-refractivity contribution in [1.82, 2.24) is 0 Å². The van der Waals surface area contributed by atoms with E-state index in [1.807, 2.05) is 30.3 Å². The minimum atomic E-state index is -0.0495. The smallest absolute Gasteiger partial charge is 0.234 e. The van der Waals surface area contributed by atoms with Crippen molar-refractivity contribution in [2.24, 2.45) is 0 Å². The van der Waals surface area contributed by atoms with Gasteiger partial charge in [-0.25, -0.2) is 0 Å². The summed E-state index contributed by atoms with van der Waals surface area (Å²) in [5, 5.41) is 12.2. The van der Waals surface area contributed by atoms with E-state index >= 15 is 0 Å². The van der Waals surface area contributed by atoms with Gasteiger partial charge >= 0.3 is 0 Å². The molecule has 0 fully saturated rings. The van der Waals surface area contributed by atoms with Crippen molar-refractivity contribution < 1.29 is 9.90 Å².